The monoisotopic (exact) mass is 496 g/mol. The largest absolute Gasteiger partial charge is 0.483 e. The molecular weight excluding hydrogens is 468 g/mol. The Morgan fingerprint density at radius 3 is 2.41 bits per heavy atom. The van der Waals surface area contributed by atoms with Crippen LogP contribution in [0.25, 0.3) is 10.8 Å². The van der Waals surface area contributed by atoms with Crippen LogP contribution in [0, 0.1) is 0 Å². The van der Waals surface area contributed by atoms with Crippen LogP contribution in [-0.2, 0) is 16.1 Å². The van der Waals surface area contributed by atoms with Gasteiger partial charge in [-0.15, -0.1) is 0 Å². The van der Waals surface area contributed by atoms with Gasteiger partial charge in [0.2, 0.25) is 5.91 Å². The lowest BCUT2D eigenvalue weighted by molar-refractivity contribution is -0.142. The van der Waals surface area contributed by atoms with Crippen molar-refractivity contribution < 1.29 is 14.3 Å². The highest BCUT2D eigenvalue weighted by atomic mass is 79.9. The quantitative estimate of drug-likeness (QED) is 0.436. The van der Waals surface area contributed by atoms with E-state index in [0.29, 0.717) is 12.3 Å². The SMILES string of the molecule is CC[C@@H](C)NC(=O)[C@@H](C)N(Cc1ccccc1)C(=O)COc1ccc2ccccc2c1Br. The minimum atomic E-state index is -0.625. The molecule has 0 aromatic heterocycles. The Morgan fingerprint density at radius 2 is 1.69 bits per heavy atom. The number of nitrogens with one attached hydrogen (secondary N) is 1. The molecule has 0 heterocycles. The lowest BCUT2D eigenvalue weighted by Crippen LogP contribution is -2.50. The van der Waals surface area contributed by atoms with E-state index in [9.17, 15) is 9.59 Å². The smallest absolute Gasteiger partial charge is 0.261 e. The first kappa shape index (κ1) is 23.8. The van der Waals surface area contributed by atoms with Gasteiger partial charge in [0.1, 0.15) is 11.8 Å². The van der Waals surface area contributed by atoms with Gasteiger partial charge in [0.25, 0.3) is 5.91 Å². The fourth-order valence-electron chi connectivity index (χ4n) is 3.38. The van der Waals surface area contributed by atoms with E-state index in [1.807, 2.05) is 80.6 Å². The first-order valence-corrected chi connectivity index (χ1v) is 11.6. The second kappa shape index (κ2) is 11.1. The van der Waals surface area contributed by atoms with E-state index in [1.54, 1.807) is 11.8 Å². The minimum absolute atomic E-state index is 0.0448. The predicted molar refractivity (Wildman–Crippen MR) is 131 cm³/mol. The average Bonchev–Trinajstić information content (AvgIpc) is 2.82. The molecule has 0 unspecified atom stereocenters. The first-order valence-electron chi connectivity index (χ1n) is 10.8. The third-order valence-electron chi connectivity index (χ3n) is 5.54. The summed E-state index contributed by atoms with van der Waals surface area (Å²) >= 11 is 3.60. The number of halogens is 1. The zero-order chi connectivity index (χ0) is 23.1. The molecule has 0 bridgehead atoms. The van der Waals surface area contributed by atoms with Crippen LogP contribution in [0.4, 0.5) is 0 Å². The number of fused-ring (bicyclic) bond motifs is 1. The number of hydrogen-bond donors (Lipinski definition) is 1. The van der Waals surface area contributed by atoms with E-state index in [1.165, 1.54) is 0 Å². The number of nitrogens with zero attached hydrogens (tertiary/aromatic N) is 1. The Labute approximate surface area is 197 Å². The van der Waals surface area contributed by atoms with Crippen LogP contribution >= 0.6 is 15.9 Å². The molecule has 0 spiro atoms. The van der Waals surface area contributed by atoms with Crippen molar-refractivity contribution in [3.8, 4) is 5.75 Å². The zero-order valence-electron chi connectivity index (χ0n) is 18.7. The number of carbonyl (C=O) groups is 2. The molecule has 1 N–H and O–H groups in total. The van der Waals surface area contributed by atoms with Crippen molar-refractivity contribution in [2.45, 2.75) is 45.8 Å². The molecule has 6 heteroatoms. The standard InChI is InChI=1S/C26H29BrN2O3/c1-4-18(2)28-26(31)19(3)29(16-20-10-6-5-7-11-20)24(30)17-32-23-15-14-21-12-8-9-13-22(21)25(23)27/h5-15,18-19H,4,16-17H2,1-3H3,(H,28,31)/t18-,19-/m1/s1. The van der Waals surface area contributed by atoms with Gasteiger partial charge in [0.15, 0.2) is 6.61 Å². The van der Waals surface area contributed by atoms with E-state index < -0.39 is 6.04 Å². The lowest BCUT2D eigenvalue weighted by Gasteiger charge is -2.29. The maximum Gasteiger partial charge on any atom is 0.261 e. The molecule has 32 heavy (non-hydrogen) atoms. The fraction of sp³-hybridized carbons (Fsp3) is 0.308. The Hall–Kier alpha value is -2.86. The van der Waals surface area contributed by atoms with Crippen molar-refractivity contribution in [2.75, 3.05) is 6.61 Å². The molecule has 3 rings (SSSR count). The summed E-state index contributed by atoms with van der Waals surface area (Å²) in [5.41, 5.74) is 0.955. The van der Waals surface area contributed by atoms with Crippen LogP contribution in [0.3, 0.4) is 0 Å². The number of ether oxygens (including phenoxy) is 1. The van der Waals surface area contributed by atoms with E-state index in [-0.39, 0.29) is 24.5 Å². The molecule has 3 aromatic carbocycles. The average molecular weight is 497 g/mol. The molecule has 2 amide bonds. The van der Waals surface area contributed by atoms with Crippen molar-refractivity contribution in [1.82, 2.24) is 10.2 Å². The predicted octanol–water partition coefficient (Wildman–Crippen LogP) is 5.31. The van der Waals surface area contributed by atoms with Gasteiger partial charge in [-0.05, 0) is 58.6 Å². The molecule has 5 nitrogen and oxygen atoms in total. The second-order valence-corrected chi connectivity index (χ2v) is 8.68. The van der Waals surface area contributed by atoms with Crippen molar-refractivity contribution in [1.29, 1.82) is 0 Å². The van der Waals surface area contributed by atoms with Gasteiger partial charge in [-0.3, -0.25) is 9.59 Å². The zero-order valence-corrected chi connectivity index (χ0v) is 20.3. The summed E-state index contributed by atoms with van der Waals surface area (Å²) in [6.07, 6.45) is 0.824. The maximum atomic E-state index is 13.2. The Balaban J connectivity index is 1.77. The van der Waals surface area contributed by atoms with E-state index >= 15 is 0 Å². The van der Waals surface area contributed by atoms with Gasteiger partial charge in [0.05, 0.1) is 4.47 Å². The Bertz CT molecular complexity index is 1070. The van der Waals surface area contributed by atoms with Crippen molar-refractivity contribution in [3.63, 3.8) is 0 Å². The summed E-state index contributed by atoms with van der Waals surface area (Å²) in [7, 11) is 0. The van der Waals surface area contributed by atoms with E-state index in [4.69, 9.17) is 4.74 Å². The van der Waals surface area contributed by atoms with Crippen LogP contribution in [0.5, 0.6) is 5.75 Å². The number of rotatable bonds is 9. The topological polar surface area (TPSA) is 58.6 Å². The van der Waals surface area contributed by atoms with Crippen LogP contribution < -0.4 is 10.1 Å². The Morgan fingerprint density at radius 1 is 1.00 bits per heavy atom. The molecule has 0 aliphatic rings. The number of hydrogen-bond acceptors (Lipinski definition) is 3. The van der Waals surface area contributed by atoms with Gasteiger partial charge in [-0.2, -0.15) is 0 Å². The highest BCUT2D eigenvalue weighted by Gasteiger charge is 2.27. The second-order valence-electron chi connectivity index (χ2n) is 7.89. The molecule has 0 saturated carbocycles. The van der Waals surface area contributed by atoms with Gasteiger partial charge in [0, 0.05) is 12.6 Å². The number of amides is 2. The summed E-state index contributed by atoms with van der Waals surface area (Å²) in [4.78, 5) is 27.5. The molecule has 0 aliphatic heterocycles. The number of benzene rings is 3. The van der Waals surface area contributed by atoms with Gasteiger partial charge in [-0.25, -0.2) is 0 Å². The molecule has 2 atom stereocenters. The van der Waals surface area contributed by atoms with Crippen LogP contribution in [0.1, 0.15) is 32.8 Å². The van der Waals surface area contributed by atoms with Crippen molar-refractivity contribution >= 4 is 38.5 Å². The van der Waals surface area contributed by atoms with Crippen LogP contribution in [0.2, 0.25) is 0 Å². The van der Waals surface area contributed by atoms with E-state index in [0.717, 1.165) is 27.2 Å². The van der Waals surface area contributed by atoms with Crippen molar-refractivity contribution in [2.24, 2.45) is 0 Å². The van der Waals surface area contributed by atoms with Gasteiger partial charge in [-0.1, -0.05) is 67.6 Å². The molecule has 3 aromatic rings. The van der Waals surface area contributed by atoms with Crippen LogP contribution in [-0.4, -0.2) is 35.4 Å². The van der Waals surface area contributed by atoms with E-state index in [2.05, 4.69) is 21.2 Å². The Kier molecular flexibility index (Phi) is 8.28. The summed E-state index contributed by atoms with van der Waals surface area (Å²) in [5, 5.41) is 5.07. The third kappa shape index (κ3) is 5.88. The fourth-order valence-corrected chi connectivity index (χ4v) is 3.98. The molecule has 0 radical (unpaired) electrons. The van der Waals surface area contributed by atoms with Gasteiger partial charge < -0.3 is 15.0 Å². The first-order chi connectivity index (χ1) is 15.4. The number of carbonyl (C=O) groups excluding carboxylic acids is 2. The van der Waals surface area contributed by atoms with Crippen LogP contribution in [0.15, 0.2) is 71.2 Å². The summed E-state index contributed by atoms with van der Waals surface area (Å²) < 4.78 is 6.69. The lowest BCUT2D eigenvalue weighted by atomic mass is 10.1. The normalized spacial score (nSPS) is 12.8. The molecule has 0 fully saturated rings. The highest BCUT2D eigenvalue weighted by Crippen LogP contribution is 2.33. The summed E-state index contributed by atoms with van der Waals surface area (Å²) in [6.45, 7) is 5.89. The highest BCUT2D eigenvalue weighted by molar-refractivity contribution is 9.10. The van der Waals surface area contributed by atoms with Gasteiger partial charge >= 0.3 is 0 Å². The molecule has 0 saturated heterocycles. The molecular formula is C26H29BrN2O3. The maximum absolute atomic E-state index is 13.2. The third-order valence-corrected chi connectivity index (χ3v) is 6.36. The molecule has 168 valence electrons. The van der Waals surface area contributed by atoms with Crippen molar-refractivity contribution in [3.05, 3.63) is 76.8 Å². The summed E-state index contributed by atoms with van der Waals surface area (Å²) in [5.74, 6) is 0.171. The minimum Gasteiger partial charge on any atom is -0.483 e. The summed E-state index contributed by atoms with van der Waals surface area (Å²) in [6, 6.07) is 20.8. The molecule has 0 aliphatic carbocycles.